The molecule has 0 spiro atoms. The molecule has 1 N–H and O–H groups in total. The zero-order valence-corrected chi connectivity index (χ0v) is 10.8. The molecule has 0 bridgehead atoms. The number of aromatic nitrogens is 2. The molecule has 0 saturated carbocycles. The summed E-state index contributed by atoms with van der Waals surface area (Å²) in [5, 5.41) is 8.77. The first-order valence-corrected chi connectivity index (χ1v) is 6.11. The van der Waals surface area contributed by atoms with Gasteiger partial charge in [0, 0.05) is 38.6 Å². The number of anilines is 1. The summed E-state index contributed by atoms with van der Waals surface area (Å²) in [6.45, 7) is 2.15. The monoisotopic (exact) mass is 300 g/mol. The Balaban J connectivity index is 1.95. The van der Waals surface area contributed by atoms with E-state index >= 15 is 0 Å². The average Bonchev–Trinajstić information content (AvgIpc) is 2.39. The van der Waals surface area contributed by atoms with Gasteiger partial charge in [-0.15, -0.1) is 0 Å². The number of carbonyl (C=O) groups excluding carboxylic acids is 1. The van der Waals surface area contributed by atoms with Crippen LogP contribution in [0.4, 0.5) is 5.95 Å². The number of carbonyl (C=O) groups is 1. The molecule has 6 nitrogen and oxygen atoms in total. The van der Waals surface area contributed by atoms with E-state index in [0.717, 1.165) is 4.47 Å². The highest BCUT2D eigenvalue weighted by molar-refractivity contribution is 9.10. The Bertz CT molecular complexity index is 390. The number of aliphatic hydroxyl groups excluding tert-OH is 1. The highest BCUT2D eigenvalue weighted by Crippen LogP contribution is 2.13. The van der Waals surface area contributed by atoms with Crippen LogP contribution in [0.15, 0.2) is 16.9 Å². The molecule has 1 aromatic rings. The van der Waals surface area contributed by atoms with E-state index in [1.165, 1.54) is 0 Å². The summed E-state index contributed by atoms with van der Waals surface area (Å²) in [6.07, 6.45) is 3.40. The lowest BCUT2D eigenvalue weighted by atomic mass is 10.3. The summed E-state index contributed by atoms with van der Waals surface area (Å²) >= 11 is 3.28. The molecule has 1 aromatic heterocycles. The molecular formula is C10H13BrN4O2. The summed E-state index contributed by atoms with van der Waals surface area (Å²) in [5.74, 6) is 0.450. The molecule has 0 aromatic carbocycles. The lowest BCUT2D eigenvalue weighted by Crippen LogP contribution is -2.50. The number of rotatable bonds is 2. The summed E-state index contributed by atoms with van der Waals surface area (Å²) in [5.41, 5.74) is 0. The molecule has 1 saturated heterocycles. The van der Waals surface area contributed by atoms with Crippen molar-refractivity contribution in [1.82, 2.24) is 14.9 Å². The zero-order chi connectivity index (χ0) is 12.3. The van der Waals surface area contributed by atoms with Gasteiger partial charge < -0.3 is 14.9 Å². The van der Waals surface area contributed by atoms with Crippen molar-refractivity contribution < 1.29 is 9.90 Å². The first-order chi connectivity index (χ1) is 8.20. The van der Waals surface area contributed by atoms with E-state index in [-0.39, 0.29) is 5.91 Å². The minimum atomic E-state index is -0.422. The minimum absolute atomic E-state index is 0.221. The van der Waals surface area contributed by atoms with Crippen molar-refractivity contribution in [3.8, 4) is 0 Å². The van der Waals surface area contributed by atoms with Crippen LogP contribution in [0.3, 0.4) is 0 Å². The van der Waals surface area contributed by atoms with Crippen LogP contribution < -0.4 is 4.90 Å². The van der Waals surface area contributed by atoms with Crippen molar-refractivity contribution in [2.75, 3.05) is 37.7 Å². The van der Waals surface area contributed by atoms with Crippen molar-refractivity contribution in [3.05, 3.63) is 16.9 Å². The molecule has 7 heteroatoms. The number of amides is 1. The second-order valence-corrected chi connectivity index (χ2v) is 4.64. The van der Waals surface area contributed by atoms with Crippen LogP contribution in [-0.2, 0) is 4.79 Å². The van der Waals surface area contributed by atoms with Crippen molar-refractivity contribution >= 4 is 27.8 Å². The lowest BCUT2D eigenvalue weighted by molar-refractivity contribution is -0.134. The van der Waals surface area contributed by atoms with E-state index in [9.17, 15) is 4.79 Å². The predicted octanol–water partition coefficient (Wildman–Crippen LogP) is -0.120. The van der Waals surface area contributed by atoms with Crippen LogP contribution in [0.2, 0.25) is 0 Å². The van der Waals surface area contributed by atoms with Crippen LogP contribution in [0, 0.1) is 0 Å². The summed E-state index contributed by atoms with van der Waals surface area (Å²) in [6, 6.07) is 0. The van der Waals surface area contributed by atoms with Crippen molar-refractivity contribution in [3.63, 3.8) is 0 Å². The largest absolute Gasteiger partial charge is 0.387 e. The number of halogens is 1. The third kappa shape index (κ3) is 2.92. The Morgan fingerprint density at radius 3 is 2.41 bits per heavy atom. The van der Waals surface area contributed by atoms with Gasteiger partial charge in [0.15, 0.2) is 0 Å². The smallest absolute Gasteiger partial charge is 0.248 e. The Morgan fingerprint density at radius 2 is 1.88 bits per heavy atom. The highest BCUT2D eigenvalue weighted by atomic mass is 79.9. The van der Waals surface area contributed by atoms with Gasteiger partial charge in [0.25, 0.3) is 0 Å². The normalized spacial score (nSPS) is 16.1. The summed E-state index contributed by atoms with van der Waals surface area (Å²) < 4.78 is 0.843. The van der Waals surface area contributed by atoms with Crippen LogP contribution >= 0.6 is 15.9 Å². The lowest BCUT2D eigenvalue weighted by Gasteiger charge is -2.34. The molecule has 1 aliphatic rings. The molecule has 2 heterocycles. The SMILES string of the molecule is O=C(CO)N1CCN(c2ncc(Br)cn2)CC1. The molecule has 17 heavy (non-hydrogen) atoms. The number of hydrogen-bond donors (Lipinski definition) is 1. The van der Waals surface area contributed by atoms with E-state index in [4.69, 9.17) is 5.11 Å². The maximum absolute atomic E-state index is 11.3. The second kappa shape index (κ2) is 5.42. The second-order valence-electron chi connectivity index (χ2n) is 3.73. The molecule has 1 amide bonds. The van der Waals surface area contributed by atoms with E-state index in [2.05, 4.69) is 25.9 Å². The van der Waals surface area contributed by atoms with Gasteiger partial charge in [0.1, 0.15) is 6.61 Å². The van der Waals surface area contributed by atoms with Gasteiger partial charge in [-0.1, -0.05) is 0 Å². The van der Waals surface area contributed by atoms with E-state index in [0.29, 0.717) is 32.1 Å². The van der Waals surface area contributed by atoms with Gasteiger partial charge in [-0.3, -0.25) is 4.79 Å². The van der Waals surface area contributed by atoms with Gasteiger partial charge in [0.2, 0.25) is 11.9 Å². The van der Waals surface area contributed by atoms with Crippen molar-refractivity contribution in [1.29, 1.82) is 0 Å². The number of aliphatic hydroxyl groups is 1. The van der Waals surface area contributed by atoms with Gasteiger partial charge >= 0.3 is 0 Å². The fourth-order valence-electron chi connectivity index (χ4n) is 1.72. The Morgan fingerprint density at radius 1 is 1.29 bits per heavy atom. The molecule has 92 valence electrons. The topological polar surface area (TPSA) is 69.6 Å². The minimum Gasteiger partial charge on any atom is -0.387 e. The quantitative estimate of drug-likeness (QED) is 0.825. The van der Waals surface area contributed by atoms with Crippen LogP contribution in [-0.4, -0.2) is 58.7 Å². The highest BCUT2D eigenvalue weighted by Gasteiger charge is 2.21. The molecule has 1 aliphatic heterocycles. The number of nitrogens with zero attached hydrogens (tertiary/aromatic N) is 4. The number of piperazine rings is 1. The van der Waals surface area contributed by atoms with Crippen LogP contribution in [0.25, 0.3) is 0 Å². The third-order valence-electron chi connectivity index (χ3n) is 2.66. The van der Waals surface area contributed by atoms with Crippen molar-refractivity contribution in [2.45, 2.75) is 0 Å². The van der Waals surface area contributed by atoms with Gasteiger partial charge in [-0.25, -0.2) is 9.97 Å². The van der Waals surface area contributed by atoms with E-state index in [1.54, 1.807) is 17.3 Å². The Hall–Kier alpha value is -1.21. The predicted molar refractivity (Wildman–Crippen MR) is 65.6 cm³/mol. The van der Waals surface area contributed by atoms with Crippen molar-refractivity contribution in [2.24, 2.45) is 0 Å². The van der Waals surface area contributed by atoms with E-state index < -0.39 is 6.61 Å². The Labute approximate surface area is 107 Å². The fourth-order valence-corrected chi connectivity index (χ4v) is 1.93. The van der Waals surface area contributed by atoms with Gasteiger partial charge in [-0.05, 0) is 15.9 Å². The van der Waals surface area contributed by atoms with E-state index in [1.807, 2.05) is 4.90 Å². The molecule has 2 rings (SSSR count). The van der Waals surface area contributed by atoms with Crippen LogP contribution in [0.1, 0.15) is 0 Å². The summed E-state index contributed by atoms with van der Waals surface area (Å²) in [4.78, 5) is 23.4. The standard InChI is InChI=1S/C10H13BrN4O2/c11-8-5-12-10(13-6-8)15-3-1-14(2-4-15)9(17)7-16/h5-6,16H,1-4,7H2. The molecule has 0 unspecified atom stereocenters. The molecule has 0 atom stereocenters. The van der Waals surface area contributed by atoms with Gasteiger partial charge in [0.05, 0.1) is 4.47 Å². The fraction of sp³-hybridized carbons (Fsp3) is 0.500. The molecule has 0 aliphatic carbocycles. The maximum atomic E-state index is 11.3. The summed E-state index contributed by atoms with van der Waals surface area (Å²) in [7, 11) is 0. The molecule has 0 radical (unpaired) electrons. The molecular weight excluding hydrogens is 288 g/mol. The van der Waals surface area contributed by atoms with Gasteiger partial charge in [-0.2, -0.15) is 0 Å². The zero-order valence-electron chi connectivity index (χ0n) is 9.21. The first-order valence-electron chi connectivity index (χ1n) is 5.32. The maximum Gasteiger partial charge on any atom is 0.248 e. The van der Waals surface area contributed by atoms with Crippen LogP contribution in [0.5, 0.6) is 0 Å². The average molecular weight is 301 g/mol. The number of hydrogen-bond acceptors (Lipinski definition) is 5. The third-order valence-corrected chi connectivity index (χ3v) is 3.07. The molecule has 1 fully saturated rings. The first kappa shape index (κ1) is 12.3. The Kier molecular flexibility index (Phi) is 3.90.